The first-order valence-corrected chi connectivity index (χ1v) is 5.58. The van der Waals surface area contributed by atoms with E-state index in [0.29, 0.717) is 13.1 Å². The molecule has 0 aliphatic carbocycles. The summed E-state index contributed by atoms with van der Waals surface area (Å²) in [6.45, 7) is 3.75. The Labute approximate surface area is 99.2 Å². The SMILES string of the molecule is CC(C(=O)N1CCn2ccnc2C1)C(N)=S. The molecular formula is C10H14N4OS. The van der Waals surface area contributed by atoms with Crippen molar-refractivity contribution in [2.45, 2.75) is 20.0 Å². The van der Waals surface area contributed by atoms with E-state index in [4.69, 9.17) is 18.0 Å². The van der Waals surface area contributed by atoms with Crippen molar-refractivity contribution in [3.63, 3.8) is 0 Å². The third kappa shape index (κ3) is 1.92. The number of fused-ring (bicyclic) bond motifs is 1. The molecule has 1 aromatic rings. The molecule has 0 saturated heterocycles. The first kappa shape index (κ1) is 11.1. The number of imidazole rings is 1. The molecule has 1 aliphatic heterocycles. The Kier molecular flexibility index (Phi) is 2.91. The third-order valence-electron chi connectivity index (χ3n) is 2.85. The molecule has 1 unspecified atom stereocenters. The van der Waals surface area contributed by atoms with E-state index in [0.717, 1.165) is 12.4 Å². The fourth-order valence-corrected chi connectivity index (χ4v) is 1.86. The molecule has 1 amide bonds. The highest BCUT2D eigenvalue weighted by Gasteiger charge is 2.26. The zero-order valence-corrected chi connectivity index (χ0v) is 9.91. The number of nitrogens with zero attached hydrogens (tertiary/aromatic N) is 3. The maximum atomic E-state index is 12.0. The molecule has 0 fully saturated rings. The molecule has 2 N–H and O–H groups in total. The van der Waals surface area contributed by atoms with Gasteiger partial charge in [0, 0.05) is 25.5 Å². The fraction of sp³-hybridized carbons (Fsp3) is 0.500. The summed E-state index contributed by atoms with van der Waals surface area (Å²) in [7, 11) is 0. The number of amides is 1. The van der Waals surface area contributed by atoms with Crippen LogP contribution < -0.4 is 5.73 Å². The van der Waals surface area contributed by atoms with Crippen LogP contribution in [0.25, 0.3) is 0 Å². The van der Waals surface area contributed by atoms with Gasteiger partial charge >= 0.3 is 0 Å². The van der Waals surface area contributed by atoms with Crippen molar-refractivity contribution in [2.75, 3.05) is 6.54 Å². The molecule has 1 aliphatic rings. The maximum absolute atomic E-state index is 12.0. The van der Waals surface area contributed by atoms with Crippen LogP contribution in [0.1, 0.15) is 12.7 Å². The number of thiocarbonyl (C=S) groups is 1. The minimum absolute atomic E-state index is 0.0123. The first-order chi connectivity index (χ1) is 7.59. The Morgan fingerprint density at radius 2 is 2.38 bits per heavy atom. The molecule has 6 heteroatoms. The topological polar surface area (TPSA) is 64.2 Å². The first-order valence-electron chi connectivity index (χ1n) is 5.17. The van der Waals surface area contributed by atoms with Gasteiger partial charge in [0.1, 0.15) is 5.82 Å². The summed E-state index contributed by atoms with van der Waals surface area (Å²) in [5.41, 5.74) is 5.48. The second-order valence-corrected chi connectivity index (χ2v) is 4.39. The lowest BCUT2D eigenvalue weighted by Gasteiger charge is -2.29. The van der Waals surface area contributed by atoms with Gasteiger partial charge in [-0.3, -0.25) is 4.79 Å². The average molecular weight is 238 g/mol. The van der Waals surface area contributed by atoms with E-state index in [1.165, 1.54) is 0 Å². The van der Waals surface area contributed by atoms with E-state index in [-0.39, 0.29) is 10.9 Å². The molecule has 2 heterocycles. The van der Waals surface area contributed by atoms with Crippen molar-refractivity contribution in [2.24, 2.45) is 11.7 Å². The zero-order valence-electron chi connectivity index (χ0n) is 9.09. The summed E-state index contributed by atoms with van der Waals surface area (Å²) in [5, 5.41) is 0. The van der Waals surface area contributed by atoms with Crippen LogP contribution in [0.3, 0.4) is 0 Å². The number of hydrogen-bond donors (Lipinski definition) is 1. The van der Waals surface area contributed by atoms with Gasteiger partial charge in [0.05, 0.1) is 17.5 Å². The second kappa shape index (κ2) is 4.21. The largest absolute Gasteiger partial charge is 0.393 e. The van der Waals surface area contributed by atoms with Gasteiger partial charge < -0.3 is 15.2 Å². The van der Waals surface area contributed by atoms with E-state index in [1.807, 2.05) is 6.20 Å². The molecule has 2 rings (SSSR count). The van der Waals surface area contributed by atoms with Gasteiger partial charge in [-0.15, -0.1) is 0 Å². The summed E-state index contributed by atoms with van der Waals surface area (Å²) < 4.78 is 2.05. The number of carbonyl (C=O) groups is 1. The van der Waals surface area contributed by atoms with Crippen molar-refractivity contribution in [1.29, 1.82) is 0 Å². The molecule has 0 aromatic carbocycles. The van der Waals surface area contributed by atoms with E-state index in [2.05, 4.69) is 9.55 Å². The van der Waals surface area contributed by atoms with E-state index in [9.17, 15) is 4.79 Å². The molecule has 1 aromatic heterocycles. The van der Waals surface area contributed by atoms with Crippen molar-refractivity contribution in [1.82, 2.24) is 14.5 Å². The predicted octanol–water partition coefficient (Wildman–Crippen LogP) is 0.148. The van der Waals surface area contributed by atoms with Crippen LogP contribution in [0.4, 0.5) is 0 Å². The summed E-state index contributed by atoms with van der Waals surface area (Å²) in [6.07, 6.45) is 3.68. The normalized spacial score (nSPS) is 16.7. The van der Waals surface area contributed by atoms with Crippen LogP contribution in [-0.2, 0) is 17.9 Å². The molecule has 5 nitrogen and oxygen atoms in total. The van der Waals surface area contributed by atoms with Gasteiger partial charge in [-0.25, -0.2) is 4.98 Å². The van der Waals surface area contributed by atoms with Crippen LogP contribution in [-0.4, -0.2) is 31.9 Å². The number of rotatable bonds is 2. The van der Waals surface area contributed by atoms with Crippen molar-refractivity contribution in [3.05, 3.63) is 18.2 Å². The molecule has 1 atom stereocenters. The number of hydrogen-bond acceptors (Lipinski definition) is 3. The molecule has 0 saturated carbocycles. The Hall–Kier alpha value is -1.43. The average Bonchev–Trinajstić information content (AvgIpc) is 2.73. The van der Waals surface area contributed by atoms with Gasteiger partial charge in [0.25, 0.3) is 0 Å². The standard InChI is InChI=1S/C10H14N4OS/c1-7(9(11)16)10(15)14-5-4-13-3-2-12-8(13)6-14/h2-3,7H,4-6H2,1H3,(H2,11,16). The lowest BCUT2D eigenvalue weighted by atomic mass is 10.1. The van der Waals surface area contributed by atoms with Crippen LogP contribution in [0.5, 0.6) is 0 Å². The number of nitrogens with two attached hydrogens (primary N) is 1. The molecule has 0 bridgehead atoms. The summed E-state index contributed by atoms with van der Waals surface area (Å²) in [5.74, 6) is 0.507. The molecule has 86 valence electrons. The van der Waals surface area contributed by atoms with Gasteiger partial charge in [-0.2, -0.15) is 0 Å². The Morgan fingerprint density at radius 3 is 3.06 bits per heavy atom. The monoisotopic (exact) mass is 238 g/mol. The summed E-state index contributed by atoms with van der Waals surface area (Å²) in [4.78, 5) is 18.2. The van der Waals surface area contributed by atoms with Gasteiger partial charge in [-0.1, -0.05) is 12.2 Å². The maximum Gasteiger partial charge on any atom is 0.232 e. The van der Waals surface area contributed by atoms with Gasteiger partial charge in [-0.05, 0) is 6.92 Å². The lowest BCUT2D eigenvalue weighted by molar-refractivity contribution is -0.134. The van der Waals surface area contributed by atoms with Crippen LogP contribution in [0.2, 0.25) is 0 Å². The van der Waals surface area contributed by atoms with Crippen molar-refractivity contribution < 1.29 is 4.79 Å². The molecular weight excluding hydrogens is 224 g/mol. The van der Waals surface area contributed by atoms with Crippen molar-refractivity contribution in [3.8, 4) is 0 Å². The minimum atomic E-state index is -0.392. The smallest absolute Gasteiger partial charge is 0.232 e. The van der Waals surface area contributed by atoms with Gasteiger partial charge in [0.2, 0.25) is 5.91 Å². The lowest BCUT2D eigenvalue weighted by Crippen LogP contribution is -2.43. The molecule has 0 spiro atoms. The van der Waals surface area contributed by atoms with Gasteiger partial charge in [0.15, 0.2) is 0 Å². The predicted molar refractivity (Wildman–Crippen MR) is 63.6 cm³/mol. The summed E-state index contributed by atoms with van der Waals surface area (Å²) >= 11 is 4.83. The second-order valence-electron chi connectivity index (χ2n) is 3.92. The van der Waals surface area contributed by atoms with E-state index in [1.54, 1.807) is 18.0 Å². The quantitative estimate of drug-likeness (QED) is 0.745. The Balaban J connectivity index is 2.09. The Morgan fingerprint density at radius 1 is 1.62 bits per heavy atom. The minimum Gasteiger partial charge on any atom is -0.393 e. The zero-order chi connectivity index (χ0) is 11.7. The Bertz CT molecular complexity index is 428. The summed E-state index contributed by atoms with van der Waals surface area (Å²) in [6, 6.07) is 0. The highest BCUT2D eigenvalue weighted by Crippen LogP contribution is 2.13. The van der Waals surface area contributed by atoms with Crippen molar-refractivity contribution >= 4 is 23.1 Å². The van der Waals surface area contributed by atoms with E-state index < -0.39 is 5.92 Å². The van der Waals surface area contributed by atoms with Crippen LogP contribution >= 0.6 is 12.2 Å². The number of carbonyl (C=O) groups excluding carboxylic acids is 1. The highest BCUT2D eigenvalue weighted by molar-refractivity contribution is 7.80. The third-order valence-corrected chi connectivity index (χ3v) is 3.21. The fourth-order valence-electron chi connectivity index (χ4n) is 1.76. The van der Waals surface area contributed by atoms with Crippen LogP contribution in [0.15, 0.2) is 12.4 Å². The van der Waals surface area contributed by atoms with E-state index >= 15 is 0 Å². The highest BCUT2D eigenvalue weighted by atomic mass is 32.1. The number of aromatic nitrogens is 2. The van der Waals surface area contributed by atoms with Crippen LogP contribution in [0, 0.1) is 5.92 Å². The molecule has 16 heavy (non-hydrogen) atoms. The molecule has 0 radical (unpaired) electrons.